The lowest BCUT2D eigenvalue weighted by Gasteiger charge is -2.10. The Morgan fingerprint density at radius 1 is 1.35 bits per heavy atom. The second-order valence-corrected chi connectivity index (χ2v) is 3.25. The molecular formula is C11H10F4N2. The zero-order chi connectivity index (χ0) is 13.1. The van der Waals surface area contributed by atoms with Crippen molar-refractivity contribution in [3.8, 4) is 11.8 Å². The Morgan fingerprint density at radius 2 is 2.00 bits per heavy atom. The minimum Gasteiger partial charge on any atom is -0.396 e. The van der Waals surface area contributed by atoms with Crippen molar-refractivity contribution in [1.29, 1.82) is 0 Å². The van der Waals surface area contributed by atoms with Crippen molar-refractivity contribution in [2.45, 2.75) is 6.18 Å². The second-order valence-electron chi connectivity index (χ2n) is 3.25. The van der Waals surface area contributed by atoms with Gasteiger partial charge in [-0.05, 0) is 19.2 Å². The lowest BCUT2D eigenvalue weighted by molar-refractivity contribution is -0.137. The van der Waals surface area contributed by atoms with E-state index in [2.05, 4.69) is 17.2 Å². The number of hydrogen-bond acceptors (Lipinski definition) is 2. The van der Waals surface area contributed by atoms with E-state index < -0.39 is 28.8 Å². The van der Waals surface area contributed by atoms with Crippen LogP contribution in [0.5, 0.6) is 0 Å². The van der Waals surface area contributed by atoms with E-state index in [1.807, 2.05) is 0 Å². The molecule has 0 aliphatic heterocycles. The SMILES string of the molecule is CNCC#Cc1cc(F)c(N)cc1C(F)(F)F. The summed E-state index contributed by atoms with van der Waals surface area (Å²) in [5.74, 6) is 3.79. The number of benzene rings is 1. The van der Waals surface area contributed by atoms with Gasteiger partial charge in [-0.2, -0.15) is 13.2 Å². The molecule has 1 rings (SSSR count). The molecule has 6 heteroatoms. The Bertz CT molecular complexity index is 469. The molecule has 0 saturated heterocycles. The summed E-state index contributed by atoms with van der Waals surface area (Å²) in [6, 6.07) is 1.25. The van der Waals surface area contributed by atoms with Gasteiger partial charge in [-0.25, -0.2) is 4.39 Å². The number of alkyl halides is 3. The molecule has 0 radical (unpaired) electrons. The molecule has 0 saturated carbocycles. The number of nitrogens with two attached hydrogens (primary N) is 1. The average Bonchev–Trinajstić information content (AvgIpc) is 2.21. The predicted octanol–water partition coefficient (Wildman–Crippen LogP) is 2.00. The van der Waals surface area contributed by atoms with Gasteiger partial charge in [-0.3, -0.25) is 0 Å². The molecule has 2 nitrogen and oxygen atoms in total. The first-order valence-electron chi connectivity index (χ1n) is 4.66. The highest BCUT2D eigenvalue weighted by atomic mass is 19.4. The molecule has 0 spiro atoms. The summed E-state index contributed by atoms with van der Waals surface area (Å²) in [4.78, 5) is 0. The molecule has 0 aliphatic carbocycles. The molecule has 0 unspecified atom stereocenters. The van der Waals surface area contributed by atoms with Crippen molar-refractivity contribution in [2.75, 3.05) is 19.3 Å². The van der Waals surface area contributed by atoms with Crippen molar-refractivity contribution >= 4 is 5.69 Å². The van der Waals surface area contributed by atoms with Crippen LogP contribution in [0.1, 0.15) is 11.1 Å². The van der Waals surface area contributed by atoms with E-state index in [4.69, 9.17) is 5.73 Å². The largest absolute Gasteiger partial charge is 0.417 e. The third-order valence-corrected chi connectivity index (χ3v) is 1.93. The van der Waals surface area contributed by atoms with Crippen LogP contribution in [0.25, 0.3) is 0 Å². The van der Waals surface area contributed by atoms with E-state index in [0.717, 1.165) is 0 Å². The van der Waals surface area contributed by atoms with Crippen molar-refractivity contribution in [3.63, 3.8) is 0 Å². The third kappa shape index (κ3) is 3.36. The summed E-state index contributed by atoms with van der Waals surface area (Å²) in [6.07, 6.45) is -4.61. The van der Waals surface area contributed by atoms with E-state index in [1.165, 1.54) is 0 Å². The molecule has 0 amide bonds. The highest BCUT2D eigenvalue weighted by Gasteiger charge is 2.34. The van der Waals surface area contributed by atoms with Crippen LogP contribution in [-0.4, -0.2) is 13.6 Å². The molecule has 0 atom stereocenters. The van der Waals surface area contributed by atoms with Crippen LogP contribution in [0.2, 0.25) is 0 Å². The number of anilines is 1. The van der Waals surface area contributed by atoms with E-state index in [-0.39, 0.29) is 6.54 Å². The van der Waals surface area contributed by atoms with Gasteiger partial charge < -0.3 is 11.1 Å². The minimum absolute atomic E-state index is 0.212. The van der Waals surface area contributed by atoms with Crippen LogP contribution < -0.4 is 11.1 Å². The average molecular weight is 246 g/mol. The zero-order valence-electron chi connectivity index (χ0n) is 8.95. The molecule has 1 aromatic carbocycles. The number of nitrogen functional groups attached to an aromatic ring is 1. The topological polar surface area (TPSA) is 38.0 Å². The van der Waals surface area contributed by atoms with Gasteiger partial charge in [0, 0.05) is 5.56 Å². The van der Waals surface area contributed by atoms with Crippen molar-refractivity contribution in [3.05, 3.63) is 29.1 Å². The maximum Gasteiger partial charge on any atom is 0.417 e. The Morgan fingerprint density at radius 3 is 2.53 bits per heavy atom. The molecule has 0 bridgehead atoms. The molecule has 0 aromatic heterocycles. The van der Waals surface area contributed by atoms with Gasteiger partial charge in [0.1, 0.15) is 5.82 Å². The predicted molar refractivity (Wildman–Crippen MR) is 56.6 cm³/mol. The fourth-order valence-corrected chi connectivity index (χ4v) is 1.16. The number of rotatable bonds is 1. The van der Waals surface area contributed by atoms with Gasteiger partial charge in [-0.1, -0.05) is 11.8 Å². The molecule has 17 heavy (non-hydrogen) atoms. The van der Waals surface area contributed by atoms with E-state index >= 15 is 0 Å². The summed E-state index contributed by atoms with van der Waals surface area (Å²) in [6.45, 7) is 0.212. The normalized spacial score (nSPS) is 10.9. The van der Waals surface area contributed by atoms with Crippen molar-refractivity contribution in [1.82, 2.24) is 5.32 Å². The number of nitrogens with one attached hydrogen (secondary N) is 1. The Balaban J connectivity index is 3.28. The van der Waals surface area contributed by atoms with Gasteiger partial charge in [0.25, 0.3) is 0 Å². The third-order valence-electron chi connectivity index (χ3n) is 1.93. The van der Waals surface area contributed by atoms with E-state index in [9.17, 15) is 17.6 Å². The second kappa shape index (κ2) is 5.06. The highest BCUT2D eigenvalue weighted by Crippen LogP contribution is 2.33. The fraction of sp³-hybridized carbons (Fsp3) is 0.273. The lowest BCUT2D eigenvalue weighted by atomic mass is 10.1. The van der Waals surface area contributed by atoms with Crippen LogP contribution in [0.3, 0.4) is 0 Å². The molecule has 3 N–H and O–H groups in total. The molecule has 0 heterocycles. The summed E-state index contributed by atoms with van der Waals surface area (Å²) < 4.78 is 50.9. The summed E-state index contributed by atoms with van der Waals surface area (Å²) in [5, 5.41) is 2.65. The van der Waals surface area contributed by atoms with Crippen LogP contribution >= 0.6 is 0 Å². The first kappa shape index (κ1) is 13.3. The molecule has 92 valence electrons. The van der Waals surface area contributed by atoms with Gasteiger partial charge >= 0.3 is 6.18 Å². The van der Waals surface area contributed by atoms with Gasteiger partial charge in [-0.15, -0.1) is 0 Å². The number of halogens is 4. The van der Waals surface area contributed by atoms with E-state index in [0.29, 0.717) is 12.1 Å². The summed E-state index contributed by atoms with van der Waals surface area (Å²) in [5.41, 5.74) is 3.12. The number of hydrogen-bond donors (Lipinski definition) is 2. The fourth-order valence-electron chi connectivity index (χ4n) is 1.16. The monoisotopic (exact) mass is 246 g/mol. The van der Waals surface area contributed by atoms with Crippen LogP contribution in [0, 0.1) is 17.7 Å². The molecule has 0 aliphatic rings. The molecular weight excluding hydrogens is 236 g/mol. The minimum atomic E-state index is -4.61. The van der Waals surface area contributed by atoms with Gasteiger partial charge in [0.05, 0.1) is 17.8 Å². The van der Waals surface area contributed by atoms with Crippen LogP contribution in [-0.2, 0) is 6.18 Å². The first-order valence-corrected chi connectivity index (χ1v) is 4.66. The Labute approximate surface area is 95.8 Å². The first-order chi connectivity index (χ1) is 7.86. The standard InChI is InChI=1S/C11H10F4N2/c1-17-4-2-3-7-5-9(12)10(16)6-8(7)11(13,14)15/h5-6,17H,4,16H2,1H3. The Kier molecular flexibility index (Phi) is 3.97. The lowest BCUT2D eigenvalue weighted by Crippen LogP contribution is -2.10. The van der Waals surface area contributed by atoms with Crippen molar-refractivity contribution in [2.24, 2.45) is 0 Å². The summed E-state index contributed by atoms with van der Waals surface area (Å²) >= 11 is 0. The van der Waals surface area contributed by atoms with Crippen molar-refractivity contribution < 1.29 is 17.6 Å². The van der Waals surface area contributed by atoms with Crippen LogP contribution in [0.4, 0.5) is 23.2 Å². The maximum absolute atomic E-state index is 13.1. The molecule has 0 fully saturated rings. The Hall–Kier alpha value is -1.74. The van der Waals surface area contributed by atoms with E-state index in [1.54, 1.807) is 7.05 Å². The van der Waals surface area contributed by atoms with Crippen LogP contribution in [0.15, 0.2) is 12.1 Å². The molecule has 1 aromatic rings. The highest BCUT2D eigenvalue weighted by molar-refractivity contribution is 5.53. The summed E-state index contributed by atoms with van der Waals surface area (Å²) in [7, 11) is 1.60. The van der Waals surface area contributed by atoms with Gasteiger partial charge in [0.2, 0.25) is 0 Å². The van der Waals surface area contributed by atoms with Gasteiger partial charge in [0.15, 0.2) is 0 Å². The maximum atomic E-state index is 13.1. The quantitative estimate of drug-likeness (QED) is 0.452. The smallest absolute Gasteiger partial charge is 0.396 e. The zero-order valence-corrected chi connectivity index (χ0v) is 8.95.